The Morgan fingerprint density at radius 2 is 2.05 bits per heavy atom. The lowest BCUT2D eigenvalue weighted by Gasteiger charge is -2.32. The molecule has 2 heterocycles. The lowest BCUT2D eigenvalue weighted by Crippen LogP contribution is -2.48. The van der Waals surface area contributed by atoms with Crippen molar-refractivity contribution in [1.82, 2.24) is 14.7 Å². The van der Waals surface area contributed by atoms with Gasteiger partial charge in [-0.3, -0.25) is 9.48 Å². The summed E-state index contributed by atoms with van der Waals surface area (Å²) in [5.41, 5.74) is 1.20. The van der Waals surface area contributed by atoms with Crippen molar-refractivity contribution in [1.29, 1.82) is 0 Å². The predicted octanol–water partition coefficient (Wildman–Crippen LogP) is 1.65. The van der Waals surface area contributed by atoms with Gasteiger partial charge >= 0.3 is 5.97 Å². The SMILES string of the molecule is Cn1nc(C(=O)N2CCCC[C@H]2C(=O)O)c2ccccc21. The standard InChI is InChI=1S/C15H17N3O3/c1-17-11-7-3-2-6-10(11)13(16-17)14(19)18-9-5-4-8-12(18)15(20)21/h2-3,6-7,12H,4-5,8-9H2,1H3,(H,20,21)/t12-/m0/s1. The van der Waals surface area contributed by atoms with Gasteiger partial charge in [0.15, 0.2) is 5.69 Å². The van der Waals surface area contributed by atoms with Gasteiger partial charge in [0.05, 0.1) is 5.52 Å². The maximum absolute atomic E-state index is 12.7. The zero-order valence-corrected chi connectivity index (χ0v) is 11.8. The van der Waals surface area contributed by atoms with Gasteiger partial charge in [-0.2, -0.15) is 5.10 Å². The summed E-state index contributed by atoms with van der Waals surface area (Å²) in [7, 11) is 1.78. The number of aromatic nitrogens is 2. The van der Waals surface area contributed by atoms with Crippen molar-refractivity contribution >= 4 is 22.8 Å². The highest BCUT2D eigenvalue weighted by atomic mass is 16.4. The summed E-state index contributed by atoms with van der Waals surface area (Å²) in [5, 5.41) is 14.4. The number of hydrogen-bond acceptors (Lipinski definition) is 3. The number of carbonyl (C=O) groups is 2. The van der Waals surface area contributed by atoms with Crippen molar-refractivity contribution in [2.45, 2.75) is 25.3 Å². The minimum atomic E-state index is -0.941. The number of para-hydroxylation sites is 1. The molecule has 1 aliphatic heterocycles. The lowest BCUT2D eigenvalue weighted by atomic mass is 10.0. The fourth-order valence-corrected chi connectivity index (χ4v) is 2.94. The van der Waals surface area contributed by atoms with Crippen LogP contribution in [0.4, 0.5) is 0 Å². The Hall–Kier alpha value is -2.37. The van der Waals surface area contributed by atoms with Crippen molar-refractivity contribution in [3.05, 3.63) is 30.0 Å². The summed E-state index contributed by atoms with van der Waals surface area (Å²) >= 11 is 0. The van der Waals surface area contributed by atoms with Crippen LogP contribution in [0.2, 0.25) is 0 Å². The summed E-state index contributed by atoms with van der Waals surface area (Å²) in [6, 6.07) is 6.73. The molecule has 0 bridgehead atoms. The van der Waals surface area contributed by atoms with Gasteiger partial charge < -0.3 is 10.0 Å². The Morgan fingerprint density at radius 1 is 1.29 bits per heavy atom. The highest BCUT2D eigenvalue weighted by molar-refractivity contribution is 6.05. The Morgan fingerprint density at radius 3 is 2.81 bits per heavy atom. The summed E-state index contributed by atoms with van der Waals surface area (Å²) in [6.07, 6.45) is 2.18. The average molecular weight is 287 g/mol. The molecule has 110 valence electrons. The van der Waals surface area contributed by atoms with E-state index in [-0.39, 0.29) is 5.91 Å². The number of likely N-dealkylation sites (tertiary alicyclic amines) is 1. The quantitative estimate of drug-likeness (QED) is 0.911. The molecule has 1 aliphatic rings. The van der Waals surface area contributed by atoms with Crippen molar-refractivity contribution in [3.63, 3.8) is 0 Å². The topological polar surface area (TPSA) is 75.4 Å². The van der Waals surface area contributed by atoms with E-state index in [9.17, 15) is 14.7 Å². The first kappa shape index (κ1) is 13.6. The molecule has 6 nitrogen and oxygen atoms in total. The smallest absolute Gasteiger partial charge is 0.326 e. The fourth-order valence-electron chi connectivity index (χ4n) is 2.94. The monoisotopic (exact) mass is 287 g/mol. The van der Waals surface area contributed by atoms with Gasteiger partial charge in [-0.25, -0.2) is 4.79 Å². The molecule has 21 heavy (non-hydrogen) atoms. The fraction of sp³-hybridized carbons (Fsp3) is 0.400. The van der Waals surface area contributed by atoms with Crippen LogP contribution < -0.4 is 0 Å². The third-order valence-electron chi connectivity index (χ3n) is 4.01. The van der Waals surface area contributed by atoms with Crippen LogP contribution in [0.25, 0.3) is 10.9 Å². The molecular weight excluding hydrogens is 270 g/mol. The second kappa shape index (κ2) is 5.20. The van der Waals surface area contributed by atoms with Crippen LogP contribution in [0.15, 0.2) is 24.3 Å². The van der Waals surface area contributed by atoms with Gasteiger partial charge in [-0.1, -0.05) is 18.2 Å². The number of rotatable bonds is 2. The second-order valence-corrected chi connectivity index (χ2v) is 5.34. The number of carbonyl (C=O) groups excluding carboxylic acids is 1. The third-order valence-corrected chi connectivity index (χ3v) is 4.01. The van der Waals surface area contributed by atoms with Crippen LogP contribution in [0, 0.1) is 0 Å². The second-order valence-electron chi connectivity index (χ2n) is 5.34. The number of piperidine rings is 1. The van der Waals surface area contributed by atoms with Crippen molar-refractivity contribution < 1.29 is 14.7 Å². The summed E-state index contributed by atoms with van der Waals surface area (Å²) in [6.45, 7) is 0.473. The molecule has 1 amide bonds. The predicted molar refractivity (Wildman–Crippen MR) is 77.0 cm³/mol. The number of amides is 1. The van der Waals surface area contributed by atoms with Crippen molar-refractivity contribution in [2.24, 2.45) is 7.05 Å². The molecule has 0 aliphatic carbocycles. The molecule has 1 N–H and O–H groups in total. The zero-order valence-electron chi connectivity index (χ0n) is 11.8. The maximum Gasteiger partial charge on any atom is 0.326 e. The molecule has 3 rings (SSSR count). The Bertz CT molecular complexity index is 707. The van der Waals surface area contributed by atoms with E-state index in [0.29, 0.717) is 18.7 Å². The van der Waals surface area contributed by atoms with Gasteiger partial charge in [0, 0.05) is 19.0 Å². The highest BCUT2D eigenvalue weighted by Gasteiger charge is 2.34. The molecule has 1 fully saturated rings. The van der Waals surface area contributed by atoms with Gasteiger partial charge in [-0.05, 0) is 25.3 Å². The number of nitrogens with zero attached hydrogens (tertiary/aromatic N) is 3. The van der Waals surface area contributed by atoms with Crippen molar-refractivity contribution in [3.8, 4) is 0 Å². The van der Waals surface area contributed by atoms with Gasteiger partial charge in [0.2, 0.25) is 0 Å². The normalized spacial score (nSPS) is 18.9. The molecular formula is C15H17N3O3. The van der Waals surface area contributed by atoms with Crippen LogP contribution >= 0.6 is 0 Å². The van der Waals surface area contributed by atoms with Crippen LogP contribution in [-0.4, -0.2) is 44.3 Å². The van der Waals surface area contributed by atoms with E-state index in [0.717, 1.165) is 23.7 Å². The van der Waals surface area contributed by atoms with Crippen LogP contribution in [0.5, 0.6) is 0 Å². The van der Waals surface area contributed by atoms with E-state index in [4.69, 9.17) is 0 Å². The maximum atomic E-state index is 12.7. The molecule has 2 aromatic rings. The lowest BCUT2D eigenvalue weighted by molar-refractivity contribution is -0.143. The summed E-state index contributed by atoms with van der Waals surface area (Å²) in [4.78, 5) is 25.5. The third kappa shape index (κ3) is 2.26. The number of carboxylic acid groups (broad SMARTS) is 1. The number of carboxylic acids is 1. The summed E-state index contributed by atoms with van der Waals surface area (Å²) in [5.74, 6) is -1.23. The molecule has 1 atom stereocenters. The first-order valence-corrected chi connectivity index (χ1v) is 7.05. The van der Waals surface area contributed by atoms with E-state index in [1.807, 2.05) is 24.3 Å². The number of hydrogen-bond donors (Lipinski definition) is 1. The molecule has 1 aromatic carbocycles. The van der Waals surface area contributed by atoms with E-state index < -0.39 is 12.0 Å². The number of aryl methyl sites for hydroxylation is 1. The van der Waals surface area contributed by atoms with Gasteiger partial charge in [0.1, 0.15) is 6.04 Å². The molecule has 0 saturated carbocycles. The molecule has 0 radical (unpaired) electrons. The van der Waals surface area contributed by atoms with Crippen LogP contribution in [0.1, 0.15) is 29.8 Å². The first-order chi connectivity index (χ1) is 10.1. The molecule has 0 spiro atoms. The van der Waals surface area contributed by atoms with Gasteiger partial charge in [-0.15, -0.1) is 0 Å². The Kier molecular flexibility index (Phi) is 3.37. The average Bonchev–Trinajstić information content (AvgIpc) is 2.84. The summed E-state index contributed by atoms with van der Waals surface area (Å²) < 4.78 is 1.66. The van der Waals surface area contributed by atoms with Crippen LogP contribution in [-0.2, 0) is 11.8 Å². The number of fused-ring (bicyclic) bond motifs is 1. The first-order valence-electron chi connectivity index (χ1n) is 7.05. The largest absolute Gasteiger partial charge is 0.480 e. The Balaban J connectivity index is 2.01. The van der Waals surface area contributed by atoms with Crippen LogP contribution in [0.3, 0.4) is 0 Å². The number of benzene rings is 1. The van der Waals surface area contributed by atoms with E-state index in [1.54, 1.807) is 11.7 Å². The van der Waals surface area contributed by atoms with Gasteiger partial charge in [0.25, 0.3) is 5.91 Å². The Labute approximate surface area is 122 Å². The molecule has 1 aromatic heterocycles. The van der Waals surface area contributed by atoms with E-state index in [2.05, 4.69) is 5.10 Å². The minimum Gasteiger partial charge on any atom is -0.480 e. The molecule has 6 heteroatoms. The van der Waals surface area contributed by atoms with Crippen molar-refractivity contribution in [2.75, 3.05) is 6.54 Å². The zero-order chi connectivity index (χ0) is 15.0. The van der Waals surface area contributed by atoms with E-state index >= 15 is 0 Å². The molecule has 0 unspecified atom stereocenters. The number of aliphatic carboxylic acids is 1. The van der Waals surface area contributed by atoms with E-state index in [1.165, 1.54) is 4.90 Å². The highest BCUT2D eigenvalue weighted by Crippen LogP contribution is 2.23. The molecule has 1 saturated heterocycles. The minimum absolute atomic E-state index is 0.293.